The summed E-state index contributed by atoms with van der Waals surface area (Å²) >= 11 is 5.91. The van der Waals surface area contributed by atoms with E-state index in [9.17, 15) is 9.59 Å². The molecule has 80 valence electrons. The summed E-state index contributed by atoms with van der Waals surface area (Å²) in [7, 11) is 1.30. The summed E-state index contributed by atoms with van der Waals surface area (Å²) in [5.74, 6) is -0.411. The molecule has 4 heteroatoms. The summed E-state index contributed by atoms with van der Waals surface area (Å²) in [5.41, 5.74) is 1.79. The third-order valence-electron chi connectivity index (χ3n) is 2.18. The van der Waals surface area contributed by atoms with E-state index in [0.717, 1.165) is 5.56 Å². The molecule has 1 aromatic carbocycles. The van der Waals surface area contributed by atoms with Crippen LogP contribution in [0.5, 0.6) is 0 Å². The monoisotopic (exact) mass is 226 g/mol. The zero-order valence-electron chi connectivity index (χ0n) is 8.54. The second-order valence-electron chi connectivity index (χ2n) is 3.13. The van der Waals surface area contributed by atoms with Crippen molar-refractivity contribution in [3.8, 4) is 0 Å². The van der Waals surface area contributed by atoms with E-state index in [1.54, 1.807) is 19.1 Å². The van der Waals surface area contributed by atoms with Crippen LogP contribution in [0.1, 0.15) is 21.5 Å². The van der Waals surface area contributed by atoms with Crippen LogP contribution in [0.15, 0.2) is 12.1 Å². The average molecular weight is 227 g/mol. The Morgan fingerprint density at radius 1 is 1.53 bits per heavy atom. The van der Waals surface area contributed by atoms with Crippen molar-refractivity contribution in [1.29, 1.82) is 0 Å². The average Bonchev–Trinajstić information content (AvgIpc) is 2.23. The number of hydrogen-bond donors (Lipinski definition) is 0. The number of aryl methyl sites for hydroxylation is 1. The lowest BCUT2D eigenvalue weighted by molar-refractivity contribution is -0.139. The topological polar surface area (TPSA) is 43.4 Å². The molecule has 0 bridgehead atoms. The predicted octanol–water partition coefficient (Wildman–Crippen LogP) is 2.18. The highest BCUT2D eigenvalue weighted by atomic mass is 35.5. The lowest BCUT2D eigenvalue weighted by Gasteiger charge is -2.08. The molecule has 0 amide bonds. The van der Waals surface area contributed by atoms with Crippen LogP contribution in [-0.2, 0) is 16.0 Å². The maximum absolute atomic E-state index is 11.1. The molecule has 0 aliphatic heterocycles. The van der Waals surface area contributed by atoms with Gasteiger partial charge in [0, 0.05) is 10.6 Å². The summed E-state index contributed by atoms with van der Waals surface area (Å²) in [5, 5.41) is 0.410. The molecular weight excluding hydrogens is 216 g/mol. The number of esters is 1. The van der Waals surface area contributed by atoms with E-state index >= 15 is 0 Å². The maximum Gasteiger partial charge on any atom is 0.310 e. The third kappa shape index (κ3) is 2.57. The van der Waals surface area contributed by atoms with Crippen molar-refractivity contribution in [2.24, 2.45) is 0 Å². The number of rotatable bonds is 3. The number of carbonyl (C=O) groups excluding carboxylic acids is 2. The van der Waals surface area contributed by atoms with E-state index in [-0.39, 0.29) is 6.42 Å². The summed E-state index contributed by atoms with van der Waals surface area (Å²) in [6, 6.07) is 3.41. The van der Waals surface area contributed by atoms with Gasteiger partial charge in [-0.2, -0.15) is 0 Å². The molecule has 0 radical (unpaired) electrons. The summed E-state index contributed by atoms with van der Waals surface area (Å²) < 4.78 is 4.53. The van der Waals surface area contributed by atoms with Crippen LogP contribution in [0.2, 0.25) is 5.02 Å². The fourth-order valence-corrected chi connectivity index (χ4v) is 1.55. The van der Waals surface area contributed by atoms with Gasteiger partial charge >= 0.3 is 5.97 Å². The number of methoxy groups -OCH3 is 1. The molecule has 0 N–H and O–H groups in total. The Bertz CT molecular complexity index is 399. The molecule has 15 heavy (non-hydrogen) atoms. The first-order chi connectivity index (χ1) is 7.10. The van der Waals surface area contributed by atoms with E-state index in [1.807, 2.05) is 0 Å². The Morgan fingerprint density at radius 2 is 2.20 bits per heavy atom. The lowest BCUT2D eigenvalue weighted by atomic mass is 10.0. The van der Waals surface area contributed by atoms with Gasteiger partial charge in [0.25, 0.3) is 0 Å². The molecule has 0 aliphatic carbocycles. The minimum Gasteiger partial charge on any atom is -0.469 e. The Hall–Kier alpha value is -1.35. The molecule has 0 spiro atoms. The Labute approximate surface area is 93.0 Å². The number of aldehydes is 1. The van der Waals surface area contributed by atoms with Crippen LogP contribution in [0.25, 0.3) is 0 Å². The van der Waals surface area contributed by atoms with E-state index in [0.29, 0.717) is 22.4 Å². The minimum absolute atomic E-state index is 0.0189. The van der Waals surface area contributed by atoms with Crippen molar-refractivity contribution in [3.63, 3.8) is 0 Å². The molecule has 0 saturated heterocycles. The molecule has 0 unspecified atom stereocenters. The second-order valence-corrected chi connectivity index (χ2v) is 3.53. The SMILES string of the molecule is COC(=O)Cc1c(Cl)ccc(C)c1C=O. The van der Waals surface area contributed by atoms with Gasteiger partial charge in [-0.15, -0.1) is 0 Å². The van der Waals surface area contributed by atoms with Gasteiger partial charge in [0.15, 0.2) is 6.29 Å². The predicted molar refractivity (Wildman–Crippen MR) is 57.3 cm³/mol. The number of carbonyl (C=O) groups is 2. The fraction of sp³-hybridized carbons (Fsp3) is 0.273. The van der Waals surface area contributed by atoms with Crippen LogP contribution in [0.3, 0.4) is 0 Å². The first-order valence-corrected chi connectivity index (χ1v) is 4.78. The zero-order valence-corrected chi connectivity index (χ0v) is 9.30. The van der Waals surface area contributed by atoms with Gasteiger partial charge in [-0.3, -0.25) is 9.59 Å². The molecule has 1 aromatic rings. The van der Waals surface area contributed by atoms with Gasteiger partial charge < -0.3 is 4.74 Å². The van der Waals surface area contributed by atoms with Gasteiger partial charge in [0.1, 0.15) is 0 Å². The molecule has 0 heterocycles. The van der Waals surface area contributed by atoms with Crippen molar-refractivity contribution in [1.82, 2.24) is 0 Å². The Kier molecular flexibility index (Phi) is 3.86. The first-order valence-electron chi connectivity index (χ1n) is 4.40. The first kappa shape index (κ1) is 11.7. The molecule has 0 saturated carbocycles. The highest BCUT2D eigenvalue weighted by Crippen LogP contribution is 2.22. The van der Waals surface area contributed by atoms with E-state index in [1.165, 1.54) is 7.11 Å². The van der Waals surface area contributed by atoms with Gasteiger partial charge in [0.2, 0.25) is 0 Å². The minimum atomic E-state index is -0.411. The van der Waals surface area contributed by atoms with Crippen molar-refractivity contribution >= 4 is 23.9 Å². The molecular formula is C11H11ClO3. The van der Waals surface area contributed by atoms with E-state index in [4.69, 9.17) is 11.6 Å². The van der Waals surface area contributed by atoms with Crippen LogP contribution >= 0.6 is 11.6 Å². The zero-order chi connectivity index (χ0) is 11.4. The number of benzene rings is 1. The quantitative estimate of drug-likeness (QED) is 0.586. The molecule has 0 atom stereocenters. The summed E-state index contributed by atoms with van der Waals surface area (Å²) in [6.45, 7) is 1.79. The van der Waals surface area contributed by atoms with Crippen LogP contribution in [-0.4, -0.2) is 19.4 Å². The Morgan fingerprint density at radius 3 is 2.73 bits per heavy atom. The smallest absolute Gasteiger partial charge is 0.310 e. The van der Waals surface area contributed by atoms with Gasteiger partial charge in [0.05, 0.1) is 13.5 Å². The van der Waals surface area contributed by atoms with Crippen LogP contribution in [0.4, 0.5) is 0 Å². The van der Waals surface area contributed by atoms with Gasteiger partial charge in [-0.1, -0.05) is 17.7 Å². The van der Waals surface area contributed by atoms with Crippen LogP contribution < -0.4 is 0 Å². The highest BCUT2D eigenvalue weighted by molar-refractivity contribution is 6.32. The van der Waals surface area contributed by atoms with Crippen molar-refractivity contribution in [2.45, 2.75) is 13.3 Å². The third-order valence-corrected chi connectivity index (χ3v) is 2.54. The molecule has 0 aromatic heterocycles. The molecule has 0 fully saturated rings. The summed E-state index contributed by atoms with van der Waals surface area (Å²) in [4.78, 5) is 22.0. The molecule has 0 aliphatic rings. The van der Waals surface area contributed by atoms with Crippen molar-refractivity contribution in [3.05, 3.63) is 33.8 Å². The molecule has 3 nitrogen and oxygen atoms in total. The van der Waals surface area contributed by atoms with Crippen molar-refractivity contribution in [2.75, 3.05) is 7.11 Å². The summed E-state index contributed by atoms with van der Waals surface area (Å²) in [6.07, 6.45) is 0.727. The normalized spacial score (nSPS) is 9.80. The molecule has 1 rings (SSSR count). The van der Waals surface area contributed by atoms with Crippen molar-refractivity contribution < 1.29 is 14.3 Å². The van der Waals surface area contributed by atoms with E-state index < -0.39 is 5.97 Å². The second kappa shape index (κ2) is 4.94. The van der Waals surface area contributed by atoms with E-state index in [2.05, 4.69) is 4.74 Å². The van der Waals surface area contributed by atoms with Gasteiger partial charge in [-0.25, -0.2) is 0 Å². The van der Waals surface area contributed by atoms with Gasteiger partial charge in [-0.05, 0) is 24.1 Å². The number of halogens is 1. The number of hydrogen-bond acceptors (Lipinski definition) is 3. The largest absolute Gasteiger partial charge is 0.469 e. The number of ether oxygens (including phenoxy) is 1. The maximum atomic E-state index is 11.1. The fourth-order valence-electron chi connectivity index (χ4n) is 1.32. The van der Waals surface area contributed by atoms with Crippen LogP contribution in [0, 0.1) is 6.92 Å². The highest BCUT2D eigenvalue weighted by Gasteiger charge is 2.13. The lowest BCUT2D eigenvalue weighted by Crippen LogP contribution is -2.08. The standard InChI is InChI=1S/C11H11ClO3/c1-7-3-4-10(12)8(9(7)6-13)5-11(14)15-2/h3-4,6H,5H2,1-2H3. The Balaban J connectivity index is 3.19.